The highest BCUT2D eigenvalue weighted by atomic mass is 16.2. The molecule has 5 nitrogen and oxygen atoms in total. The minimum absolute atomic E-state index is 0.0737. The van der Waals surface area contributed by atoms with Crippen LogP contribution in [-0.4, -0.2) is 55.3 Å². The molecule has 1 N–H and O–H groups in total. The quantitative estimate of drug-likeness (QED) is 0.917. The number of nitrogens with one attached hydrogen (secondary N) is 1. The zero-order valence-electron chi connectivity index (χ0n) is 15.3. The van der Waals surface area contributed by atoms with Crippen LogP contribution in [0.4, 0.5) is 0 Å². The summed E-state index contributed by atoms with van der Waals surface area (Å²) in [6.45, 7) is 2.38. The third-order valence-electron chi connectivity index (χ3n) is 5.67. The zero-order valence-corrected chi connectivity index (χ0v) is 15.3. The summed E-state index contributed by atoms with van der Waals surface area (Å²) in [6.07, 6.45) is 5.72. The van der Waals surface area contributed by atoms with Crippen LogP contribution in [0.1, 0.15) is 54.1 Å². The van der Waals surface area contributed by atoms with Crippen molar-refractivity contribution in [3.63, 3.8) is 0 Å². The lowest BCUT2D eigenvalue weighted by atomic mass is 9.87. The van der Waals surface area contributed by atoms with Gasteiger partial charge in [-0.2, -0.15) is 0 Å². The molecular formula is C20H29N3O2. The van der Waals surface area contributed by atoms with Crippen LogP contribution in [0.15, 0.2) is 24.3 Å². The standard InChI is InChI=1S/C20H29N3O2/c1-21-19(24)17-10-6-9-16(13-17)18-14-23(12-11-22(18)2)20(25)15-7-4-3-5-8-15/h6,9-10,13,15,18H,3-5,7-8,11-12,14H2,1-2H3,(H,21,24)/t18-/m0/s1. The summed E-state index contributed by atoms with van der Waals surface area (Å²) in [4.78, 5) is 29.2. The first kappa shape index (κ1) is 17.9. The second-order valence-electron chi connectivity index (χ2n) is 7.32. The van der Waals surface area contributed by atoms with Gasteiger partial charge in [0.2, 0.25) is 5.91 Å². The Kier molecular flexibility index (Phi) is 5.74. The van der Waals surface area contributed by atoms with E-state index in [4.69, 9.17) is 0 Å². The molecule has 1 aromatic carbocycles. The van der Waals surface area contributed by atoms with E-state index in [1.807, 2.05) is 23.1 Å². The van der Waals surface area contributed by atoms with Gasteiger partial charge in [-0.3, -0.25) is 14.5 Å². The number of amides is 2. The SMILES string of the molecule is CNC(=O)c1cccc([C@@H]2CN(C(=O)C3CCCCC3)CCN2C)c1. The number of carbonyl (C=O) groups is 2. The number of nitrogens with zero attached hydrogens (tertiary/aromatic N) is 2. The first-order chi connectivity index (χ1) is 12.1. The second-order valence-corrected chi connectivity index (χ2v) is 7.32. The monoisotopic (exact) mass is 343 g/mol. The van der Waals surface area contributed by atoms with E-state index in [-0.39, 0.29) is 17.9 Å². The predicted octanol–water partition coefficient (Wildman–Crippen LogP) is 2.44. The molecule has 1 atom stereocenters. The summed E-state index contributed by atoms with van der Waals surface area (Å²) >= 11 is 0. The Hall–Kier alpha value is -1.88. The largest absolute Gasteiger partial charge is 0.355 e. The molecule has 136 valence electrons. The van der Waals surface area contributed by atoms with Gasteiger partial charge in [-0.1, -0.05) is 31.4 Å². The van der Waals surface area contributed by atoms with Crippen molar-refractivity contribution in [1.82, 2.24) is 15.1 Å². The van der Waals surface area contributed by atoms with Gasteiger partial charge in [0.05, 0.1) is 6.04 Å². The molecular weight excluding hydrogens is 314 g/mol. The van der Waals surface area contributed by atoms with Crippen LogP contribution in [0.5, 0.6) is 0 Å². The minimum Gasteiger partial charge on any atom is -0.355 e. The summed E-state index contributed by atoms with van der Waals surface area (Å²) in [5.74, 6) is 0.478. The van der Waals surface area contributed by atoms with Gasteiger partial charge >= 0.3 is 0 Å². The Morgan fingerprint density at radius 3 is 2.60 bits per heavy atom. The van der Waals surface area contributed by atoms with Gasteiger partial charge in [0.15, 0.2) is 0 Å². The fourth-order valence-electron chi connectivity index (χ4n) is 4.07. The molecule has 0 aromatic heterocycles. The number of hydrogen-bond donors (Lipinski definition) is 1. The number of benzene rings is 1. The Bertz CT molecular complexity index is 625. The smallest absolute Gasteiger partial charge is 0.251 e. The molecule has 0 spiro atoms. The van der Waals surface area contributed by atoms with E-state index >= 15 is 0 Å². The number of rotatable bonds is 3. The lowest BCUT2D eigenvalue weighted by Gasteiger charge is -2.41. The highest BCUT2D eigenvalue weighted by Gasteiger charge is 2.32. The van der Waals surface area contributed by atoms with Crippen LogP contribution >= 0.6 is 0 Å². The van der Waals surface area contributed by atoms with Crippen molar-refractivity contribution in [2.24, 2.45) is 5.92 Å². The van der Waals surface area contributed by atoms with Gasteiger partial charge in [-0.15, -0.1) is 0 Å². The van der Waals surface area contributed by atoms with Crippen molar-refractivity contribution in [3.8, 4) is 0 Å². The van der Waals surface area contributed by atoms with Gasteiger partial charge in [0, 0.05) is 38.2 Å². The zero-order chi connectivity index (χ0) is 17.8. The van der Waals surface area contributed by atoms with Gasteiger partial charge in [-0.05, 0) is 37.6 Å². The molecule has 0 unspecified atom stereocenters. The van der Waals surface area contributed by atoms with E-state index in [0.29, 0.717) is 18.0 Å². The first-order valence-corrected chi connectivity index (χ1v) is 9.41. The van der Waals surface area contributed by atoms with Gasteiger partial charge in [0.1, 0.15) is 0 Å². The summed E-state index contributed by atoms with van der Waals surface area (Å²) in [5, 5.41) is 2.68. The number of hydrogen-bond acceptors (Lipinski definition) is 3. The van der Waals surface area contributed by atoms with Gasteiger partial charge < -0.3 is 10.2 Å². The molecule has 2 aliphatic rings. The predicted molar refractivity (Wildman–Crippen MR) is 98.4 cm³/mol. The topological polar surface area (TPSA) is 52.7 Å². The van der Waals surface area contributed by atoms with E-state index in [2.05, 4.69) is 23.3 Å². The summed E-state index contributed by atoms with van der Waals surface area (Å²) in [6, 6.07) is 7.91. The summed E-state index contributed by atoms with van der Waals surface area (Å²) < 4.78 is 0. The minimum atomic E-state index is -0.0737. The van der Waals surface area contributed by atoms with E-state index in [1.54, 1.807) is 7.05 Å². The summed E-state index contributed by atoms with van der Waals surface area (Å²) in [7, 11) is 3.74. The number of carbonyl (C=O) groups excluding carboxylic acids is 2. The maximum Gasteiger partial charge on any atom is 0.251 e. The Morgan fingerprint density at radius 2 is 1.88 bits per heavy atom. The average molecular weight is 343 g/mol. The lowest BCUT2D eigenvalue weighted by Crippen LogP contribution is -2.50. The van der Waals surface area contributed by atoms with Gasteiger partial charge in [0.25, 0.3) is 5.91 Å². The molecule has 25 heavy (non-hydrogen) atoms. The van der Waals surface area contributed by atoms with Gasteiger partial charge in [-0.25, -0.2) is 0 Å². The van der Waals surface area contributed by atoms with E-state index in [0.717, 1.165) is 31.5 Å². The van der Waals surface area contributed by atoms with Crippen molar-refractivity contribution in [3.05, 3.63) is 35.4 Å². The van der Waals surface area contributed by atoms with Crippen LogP contribution in [0.3, 0.4) is 0 Å². The van der Waals surface area contributed by atoms with Crippen LogP contribution in [-0.2, 0) is 4.79 Å². The van der Waals surface area contributed by atoms with Crippen molar-refractivity contribution in [2.75, 3.05) is 33.7 Å². The molecule has 1 saturated carbocycles. The fourth-order valence-corrected chi connectivity index (χ4v) is 4.07. The third-order valence-corrected chi connectivity index (χ3v) is 5.67. The number of likely N-dealkylation sites (N-methyl/N-ethyl adjacent to an activating group) is 1. The highest BCUT2D eigenvalue weighted by molar-refractivity contribution is 5.94. The molecule has 0 radical (unpaired) electrons. The Balaban J connectivity index is 1.74. The molecule has 1 heterocycles. The molecule has 1 aliphatic carbocycles. The third kappa shape index (κ3) is 4.03. The molecule has 2 amide bonds. The molecule has 3 rings (SSSR count). The lowest BCUT2D eigenvalue weighted by molar-refractivity contribution is -0.139. The molecule has 0 bridgehead atoms. The first-order valence-electron chi connectivity index (χ1n) is 9.41. The van der Waals surface area contributed by atoms with Crippen LogP contribution in [0, 0.1) is 5.92 Å². The van der Waals surface area contributed by atoms with Crippen LogP contribution in [0.25, 0.3) is 0 Å². The molecule has 2 fully saturated rings. The maximum atomic E-state index is 12.9. The van der Waals surface area contributed by atoms with E-state index in [1.165, 1.54) is 19.3 Å². The van der Waals surface area contributed by atoms with Crippen molar-refractivity contribution < 1.29 is 9.59 Å². The highest BCUT2D eigenvalue weighted by Crippen LogP contribution is 2.29. The molecule has 5 heteroatoms. The van der Waals surface area contributed by atoms with E-state index < -0.39 is 0 Å². The Morgan fingerprint density at radius 1 is 1.12 bits per heavy atom. The molecule has 1 saturated heterocycles. The van der Waals surface area contributed by atoms with Crippen molar-refractivity contribution in [1.29, 1.82) is 0 Å². The van der Waals surface area contributed by atoms with Crippen LogP contribution < -0.4 is 5.32 Å². The molecule has 1 aliphatic heterocycles. The van der Waals surface area contributed by atoms with Crippen molar-refractivity contribution >= 4 is 11.8 Å². The Labute approximate surface area is 150 Å². The van der Waals surface area contributed by atoms with Crippen molar-refractivity contribution in [2.45, 2.75) is 38.1 Å². The normalized spacial score (nSPS) is 22.6. The fraction of sp³-hybridized carbons (Fsp3) is 0.600. The van der Waals surface area contributed by atoms with Crippen LogP contribution in [0.2, 0.25) is 0 Å². The summed E-state index contributed by atoms with van der Waals surface area (Å²) in [5.41, 5.74) is 1.77. The second kappa shape index (κ2) is 8.00. The average Bonchev–Trinajstić information content (AvgIpc) is 2.68. The van der Waals surface area contributed by atoms with E-state index in [9.17, 15) is 9.59 Å². The maximum absolute atomic E-state index is 12.9. The molecule has 1 aromatic rings. The number of piperazine rings is 1.